The van der Waals surface area contributed by atoms with Gasteiger partial charge in [0, 0.05) is 12.1 Å². The number of hydrogen-bond donors (Lipinski definition) is 2. The van der Waals surface area contributed by atoms with Crippen LogP contribution in [0.15, 0.2) is 24.3 Å². The van der Waals surface area contributed by atoms with Crippen LogP contribution in [0.5, 0.6) is 0 Å². The van der Waals surface area contributed by atoms with Crippen molar-refractivity contribution in [1.29, 1.82) is 0 Å². The zero-order chi connectivity index (χ0) is 15.7. The van der Waals surface area contributed by atoms with E-state index in [1.54, 1.807) is 0 Å². The van der Waals surface area contributed by atoms with Gasteiger partial charge in [-0.1, -0.05) is 38.1 Å². The average Bonchev–Trinajstić information content (AvgIpc) is 2.51. The highest BCUT2D eigenvalue weighted by Gasteiger charge is 2.34. The summed E-state index contributed by atoms with van der Waals surface area (Å²) in [5.41, 5.74) is 3.17. The molecule has 0 amide bonds. The standard InChI is InChI=1S/C19H27NO2/c1-19(2)12-11-17(15-5-3-4-6-16(15)19)20-14-9-7-13(8-10-14)18(21)22/h3-6,13-14,17,20H,7-12H2,1-2H3,(H,21,22). The molecule has 1 aromatic rings. The van der Waals surface area contributed by atoms with Crippen LogP contribution in [-0.4, -0.2) is 17.1 Å². The Morgan fingerprint density at radius 2 is 1.82 bits per heavy atom. The van der Waals surface area contributed by atoms with E-state index in [1.165, 1.54) is 24.0 Å². The lowest BCUT2D eigenvalue weighted by atomic mass is 9.70. The van der Waals surface area contributed by atoms with Gasteiger partial charge in [0.25, 0.3) is 0 Å². The summed E-state index contributed by atoms with van der Waals surface area (Å²) >= 11 is 0. The Morgan fingerprint density at radius 1 is 1.14 bits per heavy atom. The summed E-state index contributed by atoms with van der Waals surface area (Å²) in [6.45, 7) is 4.67. The van der Waals surface area contributed by atoms with Crippen LogP contribution in [0.25, 0.3) is 0 Å². The summed E-state index contributed by atoms with van der Waals surface area (Å²) in [6, 6.07) is 9.70. The molecule has 22 heavy (non-hydrogen) atoms. The first-order valence-corrected chi connectivity index (χ1v) is 8.55. The van der Waals surface area contributed by atoms with Crippen LogP contribution < -0.4 is 5.32 Å². The Morgan fingerprint density at radius 3 is 2.50 bits per heavy atom. The van der Waals surface area contributed by atoms with Gasteiger partial charge in [0.05, 0.1) is 5.92 Å². The number of carboxylic acid groups (broad SMARTS) is 1. The number of rotatable bonds is 3. The van der Waals surface area contributed by atoms with Crippen molar-refractivity contribution in [3.8, 4) is 0 Å². The number of carbonyl (C=O) groups is 1. The molecule has 120 valence electrons. The first-order chi connectivity index (χ1) is 10.5. The molecule has 1 fully saturated rings. The van der Waals surface area contributed by atoms with Crippen LogP contribution in [0.3, 0.4) is 0 Å². The maximum atomic E-state index is 11.1. The molecule has 3 heteroatoms. The molecule has 0 aromatic heterocycles. The van der Waals surface area contributed by atoms with Crippen molar-refractivity contribution in [2.24, 2.45) is 5.92 Å². The fourth-order valence-electron chi connectivity index (χ4n) is 4.18. The molecule has 1 aromatic carbocycles. The van der Waals surface area contributed by atoms with Gasteiger partial charge in [0.1, 0.15) is 0 Å². The van der Waals surface area contributed by atoms with Crippen molar-refractivity contribution in [1.82, 2.24) is 5.32 Å². The van der Waals surface area contributed by atoms with Crippen LogP contribution in [0.4, 0.5) is 0 Å². The Balaban J connectivity index is 1.68. The van der Waals surface area contributed by atoms with Crippen molar-refractivity contribution in [2.75, 3.05) is 0 Å². The third kappa shape index (κ3) is 3.05. The number of nitrogens with one attached hydrogen (secondary N) is 1. The van der Waals surface area contributed by atoms with E-state index in [9.17, 15) is 4.79 Å². The highest BCUT2D eigenvalue weighted by Crippen LogP contribution is 2.42. The molecule has 1 unspecified atom stereocenters. The summed E-state index contributed by atoms with van der Waals surface area (Å²) in [7, 11) is 0. The van der Waals surface area contributed by atoms with Gasteiger partial charge in [0.15, 0.2) is 0 Å². The second kappa shape index (κ2) is 6.04. The SMILES string of the molecule is CC1(C)CCC(NC2CCC(C(=O)O)CC2)c2ccccc21. The minimum absolute atomic E-state index is 0.129. The molecular weight excluding hydrogens is 274 g/mol. The molecule has 0 spiro atoms. The van der Waals surface area contributed by atoms with Crippen molar-refractivity contribution >= 4 is 5.97 Å². The number of carboxylic acids is 1. The lowest BCUT2D eigenvalue weighted by Gasteiger charge is -2.40. The topological polar surface area (TPSA) is 49.3 Å². The summed E-state index contributed by atoms with van der Waals surface area (Å²) < 4.78 is 0. The lowest BCUT2D eigenvalue weighted by molar-refractivity contribution is -0.142. The normalized spacial score (nSPS) is 30.5. The molecule has 0 bridgehead atoms. The largest absolute Gasteiger partial charge is 0.481 e. The second-order valence-corrected chi connectivity index (χ2v) is 7.62. The predicted octanol–water partition coefficient (Wildman–Crippen LogP) is 4.03. The zero-order valence-corrected chi connectivity index (χ0v) is 13.6. The highest BCUT2D eigenvalue weighted by atomic mass is 16.4. The van der Waals surface area contributed by atoms with Gasteiger partial charge in [-0.15, -0.1) is 0 Å². The maximum Gasteiger partial charge on any atom is 0.306 e. The smallest absolute Gasteiger partial charge is 0.306 e. The summed E-state index contributed by atoms with van der Waals surface area (Å²) in [6.07, 6.45) is 5.97. The molecular formula is C19H27NO2. The summed E-state index contributed by atoms with van der Waals surface area (Å²) in [5.74, 6) is -0.751. The van der Waals surface area contributed by atoms with E-state index in [1.807, 2.05) is 0 Å². The first kappa shape index (κ1) is 15.5. The van der Waals surface area contributed by atoms with Crippen LogP contribution in [0.1, 0.15) is 69.5 Å². The number of hydrogen-bond acceptors (Lipinski definition) is 2. The Bertz CT molecular complexity index is 544. The Labute approximate surface area is 133 Å². The van der Waals surface area contributed by atoms with Crippen LogP contribution in [0, 0.1) is 5.92 Å². The third-order valence-electron chi connectivity index (χ3n) is 5.64. The van der Waals surface area contributed by atoms with Gasteiger partial charge in [-0.25, -0.2) is 0 Å². The molecule has 1 saturated carbocycles. The lowest BCUT2D eigenvalue weighted by Crippen LogP contribution is -2.40. The highest BCUT2D eigenvalue weighted by molar-refractivity contribution is 5.70. The molecule has 3 nitrogen and oxygen atoms in total. The Hall–Kier alpha value is -1.35. The summed E-state index contributed by atoms with van der Waals surface area (Å²) in [5, 5.41) is 12.9. The molecule has 2 N–H and O–H groups in total. The average molecular weight is 301 g/mol. The molecule has 2 aliphatic rings. The van der Waals surface area contributed by atoms with Crippen molar-refractivity contribution in [2.45, 2.75) is 69.9 Å². The first-order valence-electron chi connectivity index (χ1n) is 8.55. The minimum Gasteiger partial charge on any atom is -0.481 e. The van der Waals surface area contributed by atoms with Crippen molar-refractivity contribution in [3.05, 3.63) is 35.4 Å². The van der Waals surface area contributed by atoms with E-state index in [0.29, 0.717) is 12.1 Å². The van der Waals surface area contributed by atoms with Gasteiger partial charge < -0.3 is 10.4 Å². The molecule has 0 heterocycles. The molecule has 0 radical (unpaired) electrons. The van der Waals surface area contributed by atoms with Crippen molar-refractivity contribution in [3.63, 3.8) is 0 Å². The van der Waals surface area contributed by atoms with Gasteiger partial charge in [-0.2, -0.15) is 0 Å². The number of benzene rings is 1. The van der Waals surface area contributed by atoms with Gasteiger partial charge in [0.2, 0.25) is 0 Å². The predicted molar refractivity (Wildman–Crippen MR) is 88.0 cm³/mol. The fraction of sp³-hybridized carbons (Fsp3) is 0.632. The van der Waals surface area contributed by atoms with Gasteiger partial charge >= 0.3 is 5.97 Å². The number of aliphatic carboxylic acids is 1. The Kier molecular flexibility index (Phi) is 4.26. The maximum absolute atomic E-state index is 11.1. The summed E-state index contributed by atoms with van der Waals surface area (Å²) in [4.78, 5) is 11.1. The molecule has 0 aliphatic heterocycles. The van der Waals surface area contributed by atoms with E-state index < -0.39 is 5.97 Å². The van der Waals surface area contributed by atoms with Crippen LogP contribution >= 0.6 is 0 Å². The van der Waals surface area contributed by atoms with Crippen molar-refractivity contribution < 1.29 is 9.90 Å². The van der Waals surface area contributed by atoms with E-state index >= 15 is 0 Å². The monoisotopic (exact) mass is 301 g/mol. The van der Waals surface area contributed by atoms with E-state index in [0.717, 1.165) is 25.7 Å². The molecule has 3 rings (SSSR count). The second-order valence-electron chi connectivity index (χ2n) is 7.62. The van der Waals surface area contributed by atoms with Crippen LogP contribution in [-0.2, 0) is 10.2 Å². The van der Waals surface area contributed by atoms with E-state index in [2.05, 4.69) is 43.4 Å². The van der Waals surface area contributed by atoms with E-state index in [-0.39, 0.29) is 11.3 Å². The third-order valence-corrected chi connectivity index (χ3v) is 5.64. The zero-order valence-electron chi connectivity index (χ0n) is 13.6. The minimum atomic E-state index is -0.622. The van der Waals surface area contributed by atoms with Gasteiger partial charge in [-0.05, 0) is 55.1 Å². The fourth-order valence-corrected chi connectivity index (χ4v) is 4.18. The molecule has 2 aliphatic carbocycles. The van der Waals surface area contributed by atoms with E-state index in [4.69, 9.17) is 5.11 Å². The molecule has 0 saturated heterocycles. The molecule has 1 atom stereocenters. The van der Waals surface area contributed by atoms with Crippen LogP contribution in [0.2, 0.25) is 0 Å². The number of fused-ring (bicyclic) bond motifs is 1. The quantitative estimate of drug-likeness (QED) is 0.886. The van der Waals surface area contributed by atoms with Gasteiger partial charge in [-0.3, -0.25) is 4.79 Å².